The van der Waals surface area contributed by atoms with Crippen molar-refractivity contribution in [1.29, 1.82) is 0 Å². The molecule has 0 saturated carbocycles. The molecule has 0 aliphatic carbocycles. The zero-order valence-electron chi connectivity index (χ0n) is 12.7. The molecule has 0 radical (unpaired) electrons. The highest BCUT2D eigenvalue weighted by Crippen LogP contribution is 2.21. The molecule has 1 N–H and O–H groups in total. The van der Waals surface area contributed by atoms with E-state index in [9.17, 15) is 17.6 Å². The molecular weight excluding hydrogens is 323 g/mol. The molecule has 0 aliphatic rings. The van der Waals surface area contributed by atoms with Crippen molar-refractivity contribution in [2.24, 2.45) is 0 Å². The summed E-state index contributed by atoms with van der Waals surface area (Å²) >= 11 is 0. The normalized spacial score (nSPS) is 12.7. The van der Waals surface area contributed by atoms with Crippen molar-refractivity contribution >= 4 is 21.6 Å². The Labute approximate surface area is 134 Å². The van der Waals surface area contributed by atoms with Gasteiger partial charge >= 0.3 is 0 Å². The molecule has 2 rings (SSSR count). The number of hydrogen-bond donors (Lipinski definition) is 1. The van der Waals surface area contributed by atoms with Gasteiger partial charge in [-0.1, -0.05) is 0 Å². The molecule has 124 valence electrons. The van der Waals surface area contributed by atoms with Gasteiger partial charge in [0, 0.05) is 0 Å². The Morgan fingerprint density at radius 1 is 1.30 bits per heavy atom. The van der Waals surface area contributed by atoms with Gasteiger partial charge in [-0.15, -0.1) is 0 Å². The van der Waals surface area contributed by atoms with Crippen molar-refractivity contribution in [3.05, 3.63) is 54.2 Å². The molecule has 0 unspecified atom stereocenters. The Morgan fingerprint density at radius 3 is 2.48 bits per heavy atom. The summed E-state index contributed by atoms with van der Waals surface area (Å²) in [6.45, 7) is 1.61. The fourth-order valence-electron chi connectivity index (χ4n) is 2.13. The molecule has 0 fully saturated rings. The Kier molecular flexibility index (Phi) is 5.05. The zero-order valence-corrected chi connectivity index (χ0v) is 13.5. The lowest BCUT2D eigenvalue weighted by Gasteiger charge is -2.28. The summed E-state index contributed by atoms with van der Waals surface area (Å²) < 4.78 is 43.1. The Balaban J connectivity index is 2.18. The number of nitrogens with zero attached hydrogens (tertiary/aromatic N) is 1. The maximum Gasteiger partial charge on any atom is 0.243 e. The van der Waals surface area contributed by atoms with Crippen LogP contribution >= 0.6 is 0 Å². The molecule has 6 nitrogen and oxygen atoms in total. The van der Waals surface area contributed by atoms with E-state index < -0.39 is 27.8 Å². The van der Waals surface area contributed by atoms with Gasteiger partial charge in [0.25, 0.3) is 0 Å². The Bertz CT molecular complexity index is 757. The Hall–Kier alpha value is -2.35. The molecule has 0 saturated heterocycles. The van der Waals surface area contributed by atoms with Gasteiger partial charge in [-0.05, 0) is 43.3 Å². The summed E-state index contributed by atoms with van der Waals surface area (Å²) in [6, 6.07) is 7.29. The van der Waals surface area contributed by atoms with E-state index in [0.717, 1.165) is 22.7 Å². The van der Waals surface area contributed by atoms with E-state index in [1.165, 1.54) is 25.3 Å². The third-order valence-electron chi connectivity index (χ3n) is 3.19. The Morgan fingerprint density at radius 2 is 1.96 bits per heavy atom. The smallest absolute Gasteiger partial charge is 0.243 e. The molecule has 1 atom stereocenters. The fraction of sp³-hybridized carbons (Fsp3) is 0.267. The van der Waals surface area contributed by atoms with E-state index in [2.05, 4.69) is 5.32 Å². The van der Waals surface area contributed by atoms with Crippen molar-refractivity contribution < 1.29 is 22.0 Å². The second kappa shape index (κ2) is 6.82. The highest BCUT2D eigenvalue weighted by atomic mass is 32.2. The molecule has 0 aliphatic heterocycles. The third kappa shape index (κ3) is 4.32. The molecular formula is C15H17FN2O4S. The number of carbonyl (C=O) groups is 1. The number of sulfonamides is 1. The molecule has 2 aromatic rings. The SMILES string of the molecule is C[C@H](C(=O)NCc1ccco1)N(c1ccc(F)cc1)S(C)(=O)=O. The van der Waals surface area contributed by atoms with Crippen molar-refractivity contribution in [3.8, 4) is 0 Å². The zero-order chi connectivity index (χ0) is 17.0. The number of hydrogen-bond acceptors (Lipinski definition) is 4. The van der Waals surface area contributed by atoms with E-state index in [1.807, 2.05) is 0 Å². The number of rotatable bonds is 6. The van der Waals surface area contributed by atoms with Crippen LogP contribution in [0.3, 0.4) is 0 Å². The summed E-state index contributed by atoms with van der Waals surface area (Å²) in [5, 5.41) is 2.61. The predicted octanol–water partition coefficient (Wildman–Crippen LogP) is 1.89. The number of amides is 1. The van der Waals surface area contributed by atoms with E-state index in [-0.39, 0.29) is 12.2 Å². The van der Waals surface area contributed by atoms with Crippen molar-refractivity contribution in [1.82, 2.24) is 5.32 Å². The van der Waals surface area contributed by atoms with Crippen molar-refractivity contribution in [3.63, 3.8) is 0 Å². The first kappa shape index (κ1) is 17.0. The van der Waals surface area contributed by atoms with E-state index >= 15 is 0 Å². The molecule has 0 bridgehead atoms. The van der Waals surface area contributed by atoms with Gasteiger partial charge in [-0.25, -0.2) is 12.8 Å². The number of carbonyl (C=O) groups excluding carboxylic acids is 1. The quantitative estimate of drug-likeness (QED) is 0.871. The van der Waals surface area contributed by atoms with Crippen LogP contribution in [0.25, 0.3) is 0 Å². The topological polar surface area (TPSA) is 79.6 Å². The molecule has 1 aromatic heterocycles. The minimum atomic E-state index is -3.72. The second-order valence-corrected chi connectivity index (χ2v) is 6.87. The summed E-state index contributed by atoms with van der Waals surface area (Å²) in [4.78, 5) is 12.2. The van der Waals surface area contributed by atoms with E-state index in [1.54, 1.807) is 12.1 Å². The number of benzene rings is 1. The number of anilines is 1. The second-order valence-electron chi connectivity index (χ2n) is 5.01. The van der Waals surface area contributed by atoms with Crippen molar-refractivity contribution in [2.75, 3.05) is 10.6 Å². The number of furan rings is 1. The number of nitrogens with one attached hydrogen (secondary N) is 1. The first-order valence-electron chi connectivity index (χ1n) is 6.84. The van der Waals surface area contributed by atoms with E-state index in [4.69, 9.17) is 4.42 Å². The lowest BCUT2D eigenvalue weighted by atomic mass is 10.2. The summed E-state index contributed by atoms with van der Waals surface area (Å²) in [7, 11) is -3.72. The summed E-state index contributed by atoms with van der Waals surface area (Å²) in [5.41, 5.74) is 0.217. The van der Waals surface area contributed by atoms with Gasteiger partial charge in [0.1, 0.15) is 17.6 Å². The minimum Gasteiger partial charge on any atom is -0.467 e. The van der Waals surface area contributed by atoms with E-state index in [0.29, 0.717) is 5.76 Å². The lowest BCUT2D eigenvalue weighted by molar-refractivity contribution is -0.122. The summed E-state index contributed by atoms with van der Waals surface area (Å²) in [6.07, 6.45) is 2.47. The molecule has 1 amide bonds. The standard InChI is InChI=1S/C15H17FN2O4S/c1-11(15(19)17-10-14-4-3-9-22-14)18(23(2,20)21)13-7-5-12(16)6-8-13/h3-9,11H,10H2,1-2H3,(H,17,19)/t11-/m1/s1. The number of halogens is 1. The van der Waals surface area contributed by atoms with Gasteiger partial charge in [0.2, 0.25) is 15.9 Å². The first-order valence-corrected chi connectivity index (χ1v) is 8.69. The fourth-order valence-corrected chi connectivity index (χ4v) is 3.31. The monoisotopic (exact) mass is 340 g/mol. The highest BCUT2D eigenvalue weighted by molar-refractivity contribution is 7.92. The maximum absolute atomic E-state index is 13.0. The third-order valence-corrected chi connectivity index (χ3v) is 4.43. The highest BCUT2D eigenvalue weighted by Gasteiger charge is 2.29. The van der Waals surface area contributed by atoms with Crippen LogP contribution in [0.15, 0.2) is 47.1 Å². The average Bonchev–Trinajstić information content (AvgIpc) is 2.99. The van der Waals surface area contributed by atoms with Crippen LogP contribution in [-0.2, 0) is 21.4 Å². The molecule has 0 spiro atoms. The first-order chi connectivity index (χ1) is 10.8. The molecule has 8 heteroatoms. The van der Waals surface area contributed by atoms with Gasteiger partial charge < -0.3 is 9.73 Å². The van der Waals surface area contributed by atoms with Crippen LogP contribution in [0.2, 0.25) is 0 Å². The van der Waals surface area contributed by atoms with Crippen LogP contribution in [0, 0.1) is 5.82 Å². The molecule has 1 aromatic carbocycles. The average molecular weight is 340 g/mol. The van der Waals surface area contributed by atoms with Crippen LogP contribution in [0.1, 0.15) is 12.7 Å². The minimum absolute atomic E-state index is 0.150. The van der Waals surface area contributed by atoms with Crippen LogP contribution in [0.5, 0.6) is 0 Å². The lowest BCUT2D eigenvalue weighted by Crippen LogP contribution is -2.47. The largest absolute Gasteiger partial charge is 0.467 e. The molecule has 23 heavy (non-hydrogen) atoms. The predicted molar refractivity (Wildman–Crippen MR) is 83.7 cm³/mol. The van der Waals surface area contributed by atoms with Gasteiger partial charge in [-0.3, -0.25) is 9.10 Å². The van der Waals surface area contributed by atoms with Gasteiger partial charge in [-0.2, -0.15) is 0 Å². The van der Waals surface area contributed by atoms with Crippen LogP contribution < -0.4 is 9.62 Å². The van der Waals surface area contributed by atoms with Crippen LogP contribution in [-0.4, -0.2) is 26.6 Å². The maximum atomic E-state index is 13.0. The summed E-state index contributed by atoms with van der Waals surface area (Å²) in [5.74, 6) is -0.425. The molecule has 1 heterocycles. The van der Waals surface area contributed by atoms with Gasteiger partial charge in [0.15, 0.2) is 0 Å². The van der Waals surface area contributed by atoms with Crippen LogP contribution in [0.4, 0.5) is 10.1 Å². The van der Waals surface area contributed by atoms with Crippen molar-refractivity contribution in [2.45, 2.75) is 19.5 Å². The van der Waals surface area contributed by atoms with Gasteiger partial charge in [0.05, 0.1) is 24.8 Å².